The lowest BCUT2D eigenvalue weighted by Gasteiger charge is -2.33. The van der Waals surface area contributed by atoms with E-state index in [1.54, 1.807) is 6.92 Å². The normalized spacial score (nSPS) is 12.0. The minimum absolute atomic E-state index is 0.114. The maximum Gasteiger partial charge on any atom is 0.244 e. The van der Waals surface area contributed by atoms with Crippen molar-refractivity contribution in [3.05, 3.63) is 99.5 Å². The van der Waals surface area contributed by atoms with E-state index in [2.05, 4.69) is 5.32 Å². The molecule has 0 saturated heterocycles. The van der Waals surface area contributed by atoms with Crippen LogP contribution >= 0.6 is 23.2 Å². The van der Waals surface area contributed by atoms with Gasteiger partial charge in [-0.1, -0.05) is 83.4 Å². The molecule has 10 heteroatoms. The number of benzene rings is 3. The predicted octanol–water partition coefficient (Wildman–Crippen LogP) is 4.84. The number of halogens is 2. The second kappa shape index (κ2) is 13.1. The van der Waals surface area contributed by atoms with Gasteiger partial charge in [0, 0.05) is 29.6 Å². The van der Waals surface area contributed by atoms with Gasteiger partial charge in [-0.2, -0.15) is 0 Å². The first-order chi connectivity index (χ1) is 18.0. The smallest absolute Gasteiger partial charge is 0.244 e. The zero-order valence-corrected chi connectivity index (χ0v) is 23.9. The maximum atomic E-state index is 13.9. The lowest BCUT2D eigenvalue weighted by molar-refractivity contribution is -0.140. The van der Waals surface area contributed by atoms with E-state index in [1.165, 1.54) is 23.1 Å². The van der Waals surface area contributed by atoms with Crippen LogP contribution in [-0.4, -0.2) is 50.5 Å². The molecule has 1 atom stereocenters. The van der Waals surface area contributed by atoms with Crippen LogP contribution in [0.2, 0.25) is 10.0 Å². The molecule has 0 aliphatic heterocycles. The van der Waals surface area contributed by atoms with Gasteiger partial charge in [0.05, 0.1) is 11.9 Å². The summed E-state index contributed by atoms with van der Waals surface area (Å²) in [6.07, 6.45) is 1.26. The van der Waals surface area contributed by atoms with Gasteiger partial charge in [0.25, 0.3) is 0 Å². The Bertz CT molecular complexity index is 1360. The third-order valence-electron chi connectivity index (χ3n) is 5.87. The molecule has 38 heavy (non-hydrogen) atoms. The zero-order valence-electron chi connectivity index (χ0n) is 21.5. The molecule has 0 spiro atoms. The van der Waals surface area contributed by atoms with Gasteiger partial charge >= 0.3 is 0 Å². The summed E-state index contributed by atoms with van der Waals surface area (Å²) < 4.78 is 26.6. The van der Waals surface area contributed by atoms with Crippen molar-refractivity contribution in [3.63, 3.8) is 0 Å². The number of nitrogens with zero attached hydrogens (tertiary/aromatic N) is 2. The standard InChI is InChI=1S/C28H31Cl2N3O4S/c1-4-31-28(35)26(14-21-10-6-5-7-11-21)32(18-22-12-8-9-20(2)13-22)27(34)19-33(38(3,36)37)25-16-23(29)15-24(30)17-25/h5-13,15-17,26H,4,14,18-19H2,1-3H3,(H,31,35)/t26-/m0/s1. The van der Waals surface area contributed by atoms with Crippen molar-refractivity contribution in [2.75, 3.05) is 23.7 Å². The van der Waals surface area contributed by atoms with E-state index in [-0.39, 0.29) is 34.6 Å². The Morgan fingerprint density at radius 2 is 1.55 bits per heavy atom. The molecule has 3 aromatic rings. The summed E-state index contributed by atoms with van der Waals surface area (Å²) in [5.41, 5.74) is 2.84. The summed E-state index contributed by atoms with van der Waals surface area (Å²) >= 11 is 12.3. The number of amides is 2. The van der Waals surface area contributed by atoms with E-state index in [4.69, 9.17) is 23.2 Å². The molecule has 202 valence electrons. The van der Waals surface area contributed by atoms with E-state index < -0.39 is 28.5 Å². The topological polar surface area (TPSA) is 86.8 Å². The number of likely N-dealkylation sites (N-methyl/N-ethyl adjacent to an activating group) is 1. The molecule has 3 rings (SSSR count). The van der Waals surface area contributed by atoms with E-state index >= 15 is 0 Å². The van der Waals surface area contributed by atoms with Crippen LogP contribution in [0.25, 0.3) is 0 Å². The van der Waals surface area contributed by atoms with Crippen LogP contribution < -0.4 is 9.62 Å². The molecule has 0 aliphatic rings. The highest BCUT2D eigenvalue weighted by Crippen LogP contribution is 2.27. The van der Waals surface area contributed by atoms with Gasteiger partial charge in [-0.25, -0.2) is 8.42 Å². The number of aryl methyl sites for hydroxylation is 1. The number of sulfonamides is 1. The summed E-state index contributed by atoms with van der Waals surface area (Å²) in [4.78, 5) is 28.7. The first-order valence-corrected chi connectivity index (χ1v) is 14.7. The minimum Gasteiger partial charge on any atom is -0.355 e. The zero-order chi connectivity index (χ0) is 27.9. The summed E-state index contributed by atoms with van der Waals surface area (Å²) in [5, 5.41) is 3.29. The molecule has 0 heterocycles. The van der Waals surface area contributed by atoms with Crippen LogP contribution in [0.1, 0.15) is 23.6 Å². The van der Waals surface area contributed by atoms with Crippen molar-refractivity contribution in [2.45, 2.75) is 32.9 Å². The number of anilines is 1. The second-order valence-electron chi connectivity index (χ2n) is 9.01. The molecule has 0 saturated carbocycles. The SMILES string of the molecule is CCNC(=O)[C@H](Cc1ccccc1)N(Cc1cccc(C)c1)C(=O)CN(c1cc(Cl)cc(Cl)c1)S(C)(=O)=O. The molecule has 3 aromatic carbocycles. The Morgan fingerprint density at radius 1 is 0.921 bits per heavy atom. The molecule has 0 aliphatic carbocycles. The molecule has 2 amide bonds. The highest BCUT2D eigenvalue weighted by molar-refractivity contribution is 7.92. The Balaban J connectivity index is 2.06. The number of carbonyl (C=O) groups excluding carboxylic acids is 2. The number of hydrogen-bond acceptors (Lipinski definition) is 4. The van der Waals surface area contributed by atoms with E-state index in [0.717, 1.165) is 27.3 Å². The van der Waals surface area contributed by atoms with E-state index in [0.29, 0.717) is 6.54 Å². The Labute approximate surface area is 234 Å². The summed E-state index contributed by atoms with van der Waals surface area (Å²) in [6.45, 7) is 3.70. The fraction of sp³-hybridized carbons (Fsp3) is 0.286. The van der Waals surface area contributed by atoms with Gasteiger partial charge in [-0.15, -0.1) is 0 Å². The molecule has 0 aromatic heterocycles. The molecule has 7 nitrogen and oxygen atoms in total. The van der Waals surface area contributed by atoms with Crippen LogP contribution in [0.5, 0.6) is 0 Å². The quantitative estimate of drug-likeness (QED) is 0.354. The first kappa shape index (κ1) is 29.5. The highest BCUT2D eigenvalue weighted by atomic mass is 35.5. The summed E-state index contributed by atoms with van der Waals surface area (Å²) in [6, 6.07) is 20.5. The molecule has 1 N–H and O–H groups in total. The van der Waals surface area contributed by atoms with Crippen molar-refractivity contribution in [3.8, 4) is 0 Å². The first-order valence-electron chi connectivity index (χ1n) is 12.1. The van der Waals surface area contributed by atoms with Crippen LogP contribution in [-0.2, 0) is 32.6 Å². The van der Waals surface area contributed by atoms with Crippen molar-refractivity contribution < 1.29 is 18.0 Å². The summed E-state index contributed by atoms with van der Waals surface area (Å²) in [7, 11) is -3.91. The van der Waals surface area contributed by atoms with E-state index in [9.17, 15) is 18.0 Å². The average Bonchev–Trinajstić information content (AvgIpc) is 2.84. The van der Waals surface area contributed by atoms with Gasteiger partial charge in [-0.3, -0.25) is 13.9 Å². The van der Waals surface area contributed by atoms with Gasteiger partial charge < -0.3 is 10.2 Å². The van der Waals surface area contributed by atoms with Gasteiger partial charge in [0.2, 0.25) is 21.8 Å². The van der Waals surface area contributed by atoms with Gasteiger partial charge in [-0.05, 0) is 43.2 Å². The molecular formula is C28H31Cl2N3O4S. The van der Waals surface area contributed by atoms with Crippen molar-refractivity contribution in [2.24, 2.45) is 0 Å². The molecule has 0 unspecified atom stereocenters. The second-order valence-corrected chi connectivity index (χ2v) is 11.8. The van der Waals surface area contributed by atoms with Gasteiger partial charge in [0.15, 0.2) is 0 Å². The Hall–Kier alpha value is -3.07. The average molecular weight is 577 g/mol. The Kier molecular flexibility index (Phi) is 10.2. The maximum absolute atomic E-state index is 13.9. The predicted molar refractivity (Wildman–Crippen MR) is 153 cm³/mol. The minimum atomic E-state index is -3.91. The summed E-state index contributed by atoms with van der Waals surface area (Å²) in [5.74, 6) is -0.866. The van der Waals surface area contributed by atoms with Crippen molar-refractivity contribution >= 4 is 50.7 Å². The number of rotatable bonds is 11. The number of carbonyl (C=O) groups is 2. The lowest BCUT2D eigenvalue weighted by atomic mass is 10.0. The molecular weight excluding hydrogens is 545 g/mol. The number of nitrogens with one attached hydrogen (secondary N) is 1. The van der Waals surface area contributed by atoms with Crippen molar-refractivity contribution in [1.29, 1.82) is 0 Å². The van der Waals surface area contributed by atoms with Crippen LogP contribution in [0.15, 0.2) is 72.8 Å². The largest absolute Gasteiger partial charge is 0.355 e. The third kappa shape index (κ3) is 8.21. The van der Waals surface area contributed by atoms with Crippen molar-refractivity contribution in [1.82, 2.24) is 10.2 Å². The fourth-order valence-electron chi connectivity index (χ4n) is 4.15. The molecule has 0 radical (unpaired) electrons. The molecule has 0 bridgehead atoms. The lowest BCUT2D eigenvalue weighted by Crippen LogP contribution is -2.53. The van der Waals surface area contributed by atoms with Crippen LogP contribution in [0.3, 0.4) is 0 Å². The highest BCUT2D eigenvalue weighted by Gasteiger charge is 2.33. The molecule has 0 fully saturated rings. The Morgan fingerprint density at radius 3 is 2.13 bits per heavy atom. The number of hydrogen-bond donors (Lipinski definition) is 1. The fourth-order valence-corrected chi connectivity index (χ4v) is 5.50. The van der Waals surface area contributed by atoms with Crippen LogP contribution in [0.4, 0.5) is 5.69 Å². The van der Waals surface area contributed by atoms with Crippen LogP contribution in [0, 0.1) is 6.92 Å². The van der Waals surface area contributed by atoms with E-state index in [1.807, 2.05) is 61.5 Å². The monoisotopic (exact) mass is 575 g/mol. The van der Waals surface area contributed by atoms with Gasteiger partial charge in [0.1, 0.15) is 12.6 Å². The third-order valence-corrected chi connectivity index (χ3v) is 7.45.